The van der Waals surface area contributed by atoms with Gasteiger partial charge in [0.1, 0.15) is 0 Å². The molecule has 10 rings (SSSR count). The predicted octanol–water partition coefficient (Wildman–Crippen LogP) is 15.7. The zero-order valence-corrected chi connectivity index (χ0v) is 33.3. The number of fused-ring (bicyclic) bond motifs is 6. The predicted molar refractivity (Wildman–Crippen MR) is 245 cm³/mol. The number of rotatable bonds is 7. The molecule has 0 aliphatic heterocycles. The van der Waals surface area contributed by atoms with Gasteiger partial charge in [0.15, 0.2) is 0 Å². The number of anilines is 3. The second-order valence-corrected chi connectivity index (χ2v) is 16.9. The first-order chi connectivity index (χ1) is 27.7. The van der Waals surface area contributed by atoms with E-state index in [2.05, 4.69) is 226 Å². The number of aromatic nitrogens is 1. The van der Waals surface area contributed by atoms with Crippen molar-refractivity contribution in [2.45, 2.75) is 46.0 Å². The summed E-state index contributed by atoms with van der Waals surface area (Å²) in [6.07, 6.45) is 0. The molecule has 0 aliphatic rings. The third kappa shape index (κ3) is 6.04. The fourth-order valence-corrected chi connectivity index (χ4v) is 8.70. The highest BCUT2D eigenvalue weighted by atomic mass is 15.1. The van der Waals surface area contributed by atoms with Gasteiger partial charge in [0.25, 0.3) is 0 Å². The lowest BCUT2D eigenvalue weighted by molar-refractivity contribution is 0.590. The summed E-state index contributed by atoms with van der Waals surface area (Å²) < 4.78 is 2.44. The second-order valence-electron chi connectivity index (χ2n) is 16.9. The van der Waals surface area contributed by atoms with Gasteiger partial charge in [-0.2, -0.15) is 0 Å². The van der Waals surface area contributed by atoms with Gasteiger partial charge in [-0.3, -0.25) is 0 Å². The zero-order valence-electron chi connectivity index (χ0n) is 33.3. The van der Waals surface area contributed by atoms with E-state index in [0.717, 1.165) is 17.1 Å². The van der Waals surface area contributed by atoms with Crippen LogP contribution in [0.3, 0.4) is 0 Å². The Balaban J connectivity index is 0.929. The second kappa shape index (κ2) is 13.5. The minimum Gasteiger partial charge on any atom is -0.311 e. The van der Waals surface area contributed by atoms with Gasteiger partial charge in [-0.25, -0.2) is 0 Å². The third-order valence-electron chi connectivity index (χ3n) is 11.9. The highest BCUT2D eigenvalue weighted by molar-refractivity contribution is 6.24. The molecular weight excluding hydrogens is 689 g/mol. The van der Waals surface area contributed by atoms with Gasteiger partial charge in [-0.15, -0.1) is 0 Å². The average Bonchev–Trinajstić information content (AvgIpc) is 3.76. The van der Waals surface area contributed by atoms with Crippen LogP contribution in [0, 0.1) is 0 Å². The Labute approximate surface area is 335 Å². The van der Waals surface area contributed by atoms with Crippen molar-refractivity contribution >= 4 is 55.2 Å². The lowest BCUT2D eigenvalue weighted by Gasteiger charge is -2.27. The minimum absolute atomic E-state index is 0.103. The normalized spacial score (nSPS) is 12.1. The summed E-state index contributed by atoms with van der Waals surface area (Å²) in [6.45, 7) is 11.3. The molecule has 0 aliphatic carbocycles. The van der Waals surface area contributed by atoms with Crippen LogP contribution >= 0.6 is 0 Å². The summed E-state index contributed by atoms with van der Waals surface area (Å²) >= 11 is 0. The molecule has 8 aromatic carbocycles. The number of nitrogens with zero attached hydrogens (tertiary/aromatic N) is 2. The van der Waals surface area contributed by atoms with E-state index in [-0.39, 0.29) is 5.41 Å². The van der Waals surface area contributed by atoms with Gasteiger partial charge in [-0.05, 0) is 117 Å². The molecule has 2 nitrogen and oxygen atoms in total. The third-order valence-corrected chi connectivity index (χ3v) is 11.9. The van der Waals surface area contributed by atoms with E-state index in [1.165, 1.54) is 82.6 Å². The first-order valence-electron chi connectivity index (χ1n) is 20.2. The van der Waals surface area contributed by atoms with Crippen molar-refractivity contribution in [1.29, 1.82) is 0 Å². The molecular formula is C55H46N2. The van der Waals surface area contributed by atoms with E-state index < -0.39 is 0 Å². The quantitative estimate of drug-likeness (QED) is 0.158. The van der Waals surface area contributed by atoms with Gasteiger partial charge in [0, 0.05) is 38.6 Å². The van der Waals surface area contributed by atoms with Crippen LogP contribution in [0.2, 0.25) is 0 Å². The maximum Gasteiger partial charge on any atom is 0.0620 e. The van der Waals surface area contributed by atoms with Crippen molar-refractivity contribution in [3.05, 3.63) is 193 Å². The van der Waals surface area contributed by atoms with Gasteiger partial charge >= 0.3 is 0 Å². The van der Waals surface area contributed by atoms with Crippen molar-refractivity contribution in [2.75, 3.05) is 4.90 Å². The van der Waals surface area contributed by atoms with Crippen molar-refractivity contribution in [2.24, 2.45) is 0 Å². The Hall–Kier alpha value is -6.64. The Bertz CT molecular complexity index is 2930. The first kappa shape index (κ1) is 34.8. The molecule has 0 spiro atoms. The van der Waals surface area contributed by atoms with Gasteiger partial charge in [-0.1, -0.05) is 156 Å². The number of hydrogen-bond donors (Lipinski definition) is 0. The molecule has 2 aromatic heterocycles. The van der Waals surface area contributed by atoms with Crippen molar-refractivity contribution in [3.63, 3.8) is 0 Å². The first-order valence-corrected chi connectivity index (χ1v) is 20.2. The molecule has 10 aromatic rings. The molecule has 0 N–H and O–H groups in total. The van der Waals surface area contributed by atoms with E-state index in [4.69, 9.17) is 0 Å². The highest BCUT2D eigenvalue weighted by Crippen LogP contribution is 2.42. The van der Waals surface area contributed by atoms with Crippen LogP contribution in [-0.4, -0.2) is 4.40 Å². The maximum absolute atomic E-state index is 2.44. The summed E-state index contributed by atoms with van der Waals surface area (Å²) in [7, 11) is 0. The molecule has 2 heterocycles. The molecule has 2 heteroatoms. The number of benzene rings is 8. The molecule has 0 fully saturated rings. The molecule has 0 saturated carbocycles. The fraction of sp³-hybridized carbons (Fsp3) is 0.127. The molecule has 0 amide bonds. The lowest BCUT2D eigenvalue weighted by atomic mass is 9.87. The Morgan fingerprint density at radius 2 is 0.772 bits per heavy atom. The van der Waals surface area contributed by atoms with E-state index >= 15 is 0 Å². The largest absolute Gasteiger partial charge is 0.311 e. The van der Waals surface area contributed by atoms with Crippen LogP contribution in [0.4, 0.5) is 17.1 Å². The van der Waals surface area contributed by atoms with Crippen LogP contribution in [0.5, 0.6) is 0 Å². The molecule has 0 atom stereocenters. The van der Waals surface area contributed by atoms with E-state index in [9.17, 15) is 0 Å². The van der Waals surface area contributed by atoms with Gasteiger partial charge < -0.3 is 9.30 Å². The highest BCUT2D eigenvalue weighted by Gasteiger charge is 2.19. The Morgan fingerprint density at radius 3 is 1.19 bits per heavy atom. The molecule has 0 unspecified atom stereocenters. The smallest absolute Gasteiger partial charge is 0.0620 e. The monoisotopic (exact) mass is 734 g/mol. The molecule has 0 bridgehead atoms. The van der Waals surface area contributed by atoms with E-state index in [0.29, 0.717) is 5.92 Å². The molecule has 0 saturated heterocycles. The summed E-state index contributed by atoms with van der Waals surface area (Å²) in [5, 5.41) is 5.22. The van der Waals surface area contributed by atoms with Crippen LogP contribution < -0.4 is 4.90 Å². The average molecular weight is 735 g/mol. The van der Waals surface area contributed by atoms with Crippen LogP contribution in [0.1, 0.15) is 51.7 Å². The fourth-order valence-electron chi connectivity index (χ4n) is 8.70. The van der Waals surface area contributed by atoms with Crippen LogP contribution in [0.15, 0.2) is 182 Å². The topological polar surface area (TPSA) is 7.65 Å². The maximum atomic E-state index is 2.44. The molecule has 276 valence electrons. The van der Waals surface area contributed by atoms with E-state index in [1.807, 2.05) is 0 Å². The zero-order chi connectivity index (χ0) is 38.8. The van der Waals surface area contributed by atoms with Crippen LogP contribution in [-0.2, 0) is 5.41 Å². The van der Waals surface area contributed by atoms with Crippen molar-refractivity contribution in [3.8, 4) is 33.4 Å². The lowest BCUT2D eigenvalue weighted by Crippen LogP contribution is -2.13. The van der Waals surface area contributed by atoms with Crippen LogP contribution in [0.25, 0.3) is 71.5 Å². The minimum atomic E-state index is 0.103. The van der Waals surface area contributed by atoms with Crippen molar-refractivity contribution < 1.29 is 0 Å². The summed E-state index contributed by atoms with van der Waals surface area (Å²) in [4.78, 5) is 2.36. The van der Waals surface area contributed by atoms with Gasteiger partial charge in [0.05, 0.1) is 16.6 Å². The van der Waals surface area contributed by atoms with Crippen molar-refractivity contribution in [1.82, 2.24) is 4.40 Å². The Kier molecular flexibility index (Phi) is 8.27. The summed E-state index contributed by atoms with van der Waals surface area (Å²) in [6, 6.07) is 67.4. The summed E-state index contributed by atoms with van der Waals surface area (Å²) in [5.74, 6) is 0.492. The molecule has 57 heavy (non-hydrogen) atoms. The SMILES string of the molecule is CC(C)c1ccc(N(c2ccc(-c3ccc(-c4ccc(-c5cc6c7ccccc7n7c8ccccc8c(c5)c67)cc4)cc3)cc2)c2ccc(C(C)(C)C)cc2)cc1. The van der Waals surface area contributed by atoms with Gasteiger partial charge in [0.2, 0.25) is 0 Å². The summed E-state index contributed by atoms with van der Waals surface area (Å²) in [5.41, 5.74) is 17.4. The number of para-hydroxylation sites is 2. The Morgan fingerprint density at radius 1 is 0.404 bits per heavy atom. The number of hydrogen-bond acceptors (Lipinski definition) is 1. The molecule has 0 radical (unpaired) electrons. The van der Waals surface area contributed by atoms with E-state index in [1.54, 1.807) is 0 Å². The standard InChI is InChI=1S/C55H46N2/c1-36(2)37-22-28-45(29-23-37)56(47-32-26-44(27-33-47)55(3,4)5)46-30-24-41(25-31-46)40-16-14-38(15-17-40)39-18-20-42(21-19-39)43-34-50-48-10-6-8-12-52(48)57-53-13-9-7-11-49(53)51(35-43)54(50)57/h6-36H,1-5H3.